The monoisotopic (exact) mass is 319 g/mol. The third-order valence-corrected chi connectivity index (χ3v) is 4.99. The summed E-state index contributed by atoms with van der Waals surface area (Å²) in [6.45, 7) is 3.76. The number of likely N-dealkylation sites (tertiary alicyclic amines) is 1. The summed E-state index contributed by atoms with van der Waals surface area (Å²) in [4.78, 5) is 15.0. The molecule has 0 unspecified atom stereocenters. The molecular formula is C20H21N3O. The number of aromatic nitrogens is 2. The molecule has 1 aliphatic rings. The minimum absolute atomic E-state index is 0.0921. The van der Waals surface area contributed by atoms with Crippen molar-refractivity contribution in [3.05, 3.63) is 71.5 Å². The smallest absolute Gasteiger partial charge is 0.257 e. The largest absolute Gasteiger partial charge is 0.338 e. The number of benzene rings is 1. The van der Waals surface area contributed by atoms with Crippen molar-refractivity contribution in [1.29, 1.82) is 0 Å². The number of pyridine rings is 1. The fraction of sp³-hybridized carbons (Fsp3) is 0.300. The molecule has 1 aromatic carbocycles. The molecule has 1 fully saturated rings. The standard InChI is InChI=1S/C20H21N3O/c1-15-7-2-3-9-17(15)16-8-6-11-22(14-16)20(24)18-13-21-23-12-5-4-10-19(18)23/h2-5,7,9-10,12-13,16H,6,8,11,14H2,1H3/t16-/m0/s1. The van der Waals surface area contributed by atoms with Crippen molar-refractivity contribution in [2.24, 2.45) is 0 Å². The van der Waals surface area contributed by atoms with E-state index in [-0.39, 0.29) is 5.91 Å². The second-order valence-electron chi connectivity index (χ2n) is 6.54. The van der Waals surface area contributed by atoms with Gasteiger partial charge in [-0.1, -0.05) is 30.3 Å². The molecule has 122 valence electrons. The van der Waals surface area contributed by atoms with Gasteiger partial charge in [0.05, 0.1) is 17.3 Å². The highest BCUT2D eigenvalue weighted by Crippen LogP contribution is 2.30. The quantitative estimate of drug-likeness (QED) is 0.723. The Labute approximate surface area is 141 Å². The van der Waals surface area contributed by atoms with Crippen LogP contribution in [0.25, 0.3) is 5.52 Å². The number of carbonyl (C=O) groups is 1. The minimum atomic E-state index is 0.0921. The van der Waals surface area contributed by atoms with Gasteiger partial charge in [0, 0.05) is 25.2 Å². The molecule has 0 saturated carbocycles. The van der Waals surface area contributed by atoms with Crippen LogP contribution >= 0.6 is 0 Å². The second kappa shape index (κ2) is 6.11. The average molecular weight is 319 g/mol. The van der Waals surface area contributed by atoms with Crippen molar-refractivity contribution < 1.29 is 4.79 Å². The Balaban J connectivity index is 1.60. The predicted octanol–water partition coefficient (Wildman–Crippen LogP) is 3.66. The van der Waals surface area contributed by atoms with Gasteiger partial charge in [0.25, 0.3) is 5.91 Å². The Bertz CT molecular complexity index is 883. The Morgan fingerprint density at radius 1 is 1.17 bits per heavy atom. The van der Waals surface area contributed by atoms with E-state index >= 15 is 0 Å². The van der Waals surface area contributed by atoms with Gasteiger partial charge in [0.15, 0.2) is 0 Å². The van der Waals surface area contributed by atoms with Gasteiger partial charge in [0.1, 0.15) is 0 Å². The molecule has 4 nitrogen and oxygen atoms in total. The van der Waals surface area contributed by atoms with E-state index in [2.05, 4.69) is 36.3 Å². The zero-order valence-electron chi connectivity index (χ0n) is 13.9. The highest BCUT2D eigenvalue weighted by Gasteiger charge is 2.27. The summed E-state index contributed by atoms with van der Waals surface area (Å²) in [6.07, 6.45) is 5.75. The number of hydrogen-bond donors (Lipinski definition) is 0. The fourth-order valence-electron chi connectivity index (χ4n) is 3.73. The summed E-state index contributed by atoms with van der Waals surface area (Å²) in [6, 6.07) is 14.3. The van der Waals surface area contributed by atoms with Crippen molar-refractivity contribution in [2.45, 2.75) is 25.7 Å². The highest BCUT2D eigenvalue weighted by atomic mass is 16.2. The Hall–Kier alpha value is -2.62. The van der Waals surface area contributed by atoms with Crippen LogP contribution in [0.3, 0.4) is 0 Å². The molecule has 1 saturated heterocycles. The molecule has 0 N–H and O–H groups in total. The van der Waals surface area contributed by atoms with E-state index in [0.717, 1.165) is 31.4 Å². The van der Waals surface area contributed by atoms with Gasteiger partial charge < -0.3 is 4.90 Å². The molecule has 0 spiro atoms. The van der Waals surface area contributed by atoms with E-state index in [1.807, 2.05) is 29.3 Å². The maximum atomic E-state index is 13.0. The fourth-order valence-corrected chi connectivity index (χ4v) is 3.73. The number of amides is 1. The molecule has 3 heterocycles. The molecule has 1 aliphatic heterocycles. The van der Waals surface area contributed by atoms with E-state index in [9.17, 15) is 4.79 Å². The third kappa shape index (κ3) is 2.58. The topological polar surface area (TPSA) is 37.6 Å². The Morgan fingerprint density at radius 3 is 2.88 bits per heavy atom. The van der Waals surface area contributed by atoms with E-state index in [1.165, 1.54) is 11.1 Å². The van der Waals surface area contributed by atoms with Gasteiger partial charge in [-0.05, 0) is 43.0 Å². The van der Waals surface area contributed by atoms with Gasteiger partial charge in [-0.2, -0.15) is 5.10 Å². The molecule has 3 aromatic rings. The van der Waals surface area contributed by atoms with E-state index in [1.54, 1.807) is 10.7 Å². The normalized spacial score (nSPS) is 18.0. The SMILES string of the molecule is Cc1ccccc1[C@H]1CCCN(C(=O)c2cnn3ccccc23)C1. The summed E-state index contributed by atoms with van der Waals surface area (Å²) < 4.78 is 1.76. The molecule has 1 atom stereocenters. The predicted molar refractivity (Wildman–Crippen MR) is 94.2 cm³/mol. The number of aryl methyl sites for hydroxylation is 1. The van der Waals surface area contributed by atoms with E-state index in [0.29, 0.717) is 11.5 Å². The molecular weight excluding hydrogens is 298 g/mol. The van der Waals surface area contributed by atoms with Crippen molar-refractivity contribution in [2.75, 3.05) is 13.1 Å². The van der Waals surface area contributed by atoms with E-state index < -0.39 is 0 Å². The molecule has 1 amide bonds. The molecule has 0 bridgehead atoms. The lowest BCUT2D eigenvalue weighted by Crippen LogP contribution is -2.39. The van der Waals surface area contributed by atoms with Crippen LogP contribution in [0.4, 0.5) is 0 Å². The zero-order valence-corrected chi connectivity index (χ0v) is 13.9. The summed E-state index contributed by atoms with van der Waals surface area (Å²) in [5.41, 5.74) is 4.25. The molecule has 0 radical (unpaired) electrons. The third-order valence-electron chi connectivity index (χ3n) is 4.99. The Kier molecular flexibility index (Phi) is 3.81. The van der Waals surface area contributed by atoms with Gasteiger partial charge in [-0.15, -0.1) is 0 Å². The number of carbonyl (C=O) groups excluding carboxylic acids is 1. The molecule has 2 aromatic heterocycles. The summed E-state index contributed by atoms with van der Waals surface area (Å²) in [7, 11) is 0. The van der Waals surface area contributed by atoms with Crippen molar-refractivity contribution in [3.8, 4) is 0 Å². The maximum Gasteiger partial charge on any atom is 0.257 e. The number of nitrogens with zero attached hydrogens (tertiary/aromatic N) is 3. The number of fused-ring (bicyclic) bond motifs is 1. The van der Waals surface area contributed by atoms with Crippen molar-refractivity contribution in [3.63, 3.8) is 0 Å². The van der Waals surface area contributed by atoms with Gasteiger partial charge in [-0.3, -0.25) is 4.79 Å². The lowest BCUT2D eigenvalue weighted by molar-refractivity contribution is 0.0709. The molecule has 0 aliphatic carbocycles. The van der Waals surface area contributed by atoms with Crippen LogP contribution in [0.15, 0.2) is 54.9 Å². The van der Waals surface area contributed by atoms with E-state index in [4.69, 9.17) is 0 Å². The number of rotatable bonds is 2. The second-order valence-corrected chi connectivity index (χ2v) is 6.54. The summed E-state index contributed by atoms with van der Waals surface area (Å²) in [5, 5.41) is 4.30. The van der Waals surface area contributed by atoms with Crippen LogP contribution in [0.5, 0.6) is 0 Å². The lowest BCUT2D eigenvalue weighted by Gasteiger charge is -2.33. The van der Waals surface area contributed by atoms with Crippen molar-refractivity contribution >= 4 is 11.4 Å². The molecule has 24 heavy (non-hydrogen) atoms. The first-order valence-corrected chi connectivity index (χ1v) is 8.51. The molecule has 4 heteroatoms. The van der Waals surface area contributed by atoms with Crippen LogP contribution in [0.2, 0.25) is 0 Å². The molecule has 4 rings (SSSR count). The maximum absolute atomic E-state index is 13.0. The van der Waals surface area contributed by atoms with Gasteiger partial charge in [0.2, 0.25) is 0 Å². The first kappa shape index (κ1) is 14.9. The average Bonchev–Trinajstić information content (AvgIpc) is 3.06. The van der Waals surface area contributed by atoms with Gasteiger partial charge in [-0.25, -0.2) is 4.52 Å². The Morgan fingerprint density at radius 2 is 2.00 bits per heavy atom. The van der Waals surface area contributed by atoms with Crippen LogP contribution in [0, 0.1) is 6.92 Å². The first-order chi connectivity index (χ1) is 11.7. The van der Waals surface area contributed by atoms with Crippen LogP contribution < -0.4 is 0 Å². The van der Waals surface area contributed by atoms with Crippen molar-refractivity contribution in [1.82, 2.24) is 14.5 Å². The summed E-state index contributed by atoms with van der Waals surface area (Å²) >= 11 is 0. The highest BCUT2D eigenvalue weighted by molar-refractivity contribution is 6.00. The first-order valence-electron chi connectivity index (χ1n) is 8.51. The lowest BCUT2D eigenvalue weighted by atomic mass is 9.88. The number of hydrogen-bond acceptors (Lipinski definition) is 2. The van der Waals surface area contributed by atoms with Crippen LogP contribution in [0.1, 0.15) is 40.2 Å². The van der Waals surface area contributed by atoms with Crippen LogP contribution in [-0.4, -0.2) is 33.5 Å². The van der Waals surface area contributed by atoms with Crippen LogP contribution in [-0.2, 0) is 0 Å². The van der Waals surface area contributed by atoms with Gasteiger partial charge >= 0.3 is 0 Å². The summed E-state index contributed by atoms with van der Waals surface area (Å²) in [5.74, 6) is 0.514. The number of piperidine rings is 1. The minimum Gasteiger partial charge on any atom is -0.338 e. The zero-order chi connectivity index (χ0) is 16.5.